The van der Waals surface area contributed by atoms with Crippen LogP contribution in [0.25, 0.3) is 0 Å². The molecule has 0 radical (unpaired) electrons. The Hall–Kier alpha value is -0.540. The minimum absolute atomic E-state index is 0.452. The molecule has 1 atom stereocenters. The minimum atomic E-state index is 0.452. The number of hydrogen-bond acceptors (Lipinski definition) is 2. The summed E-state index contributed by atoms with van der Waals surface area (Å²) in [6, 6.07) is 6.96. The lowest BCUT2D eigenvalue weighted by atomic mass is 10.00. The van der Waals surface area contributed by atoms with Crippen LogP contribution in [0.3, 0.4) is 0 Å². The number of ether oxygens (including phenoxy) is 1. The van der Waals surface area contributed by atoms with Gasteiger partial charge in [0.2, 0.25) is 0 Å². The van der Waals surface area contributed by atoms with Crippen LogP contribution in [0, 0.1) is 0 Å². The molecule has 0 saturated heterocycles. The van der Waals surface area contributed by atoms with Crippen molar-refractivity contribution >= 4 is 15.9 Å². The Morgan fingerprint density at radius 1 is 1.10 bits per heavy atom. The molecule has 1 rings (SSSR count). The first-order valence-corrected chi connectivity index (χ1v) is 9.17. The van der Waals surface area contributed by atoms with Gasteiger partial charge in [0.05, 0.1) is 11.1 Å². The van der Waals surface area contributed by atoms with E-state index < -0.39 is 0 Å². The molecule has 0 spiro atoms. The molecule has 0 amide bonds. The van der Waals surface area contributed by atoms with Crippen molar-refractivity contribution in [2.24, 2.45) is 0 Å². The monoisotopic (exact) mass is 355 g/mol. The molecule has 0 fully saturated rings. The topological polar surface area (TPSA) is 21.3 Å². The van der Waals surface area contributed by atoms with Gasteiger partial charge < -0.3 is 10.1 Å². The van der Waals surface area contributed by atoms with Crippen LogP contribution in [-0.4, -0.2) is 13.2 Å². The molecule has 0 aromatic heterocycles. The van der Waals surface area contributed by atoms with Crippen molar-refractivity contribution < 1.29 is 4.74 Å². The van der Waals surface area contributed by atoms with Gasteiger partial charge in [0.25, 0.3) is 0 Å². The smallest absolute Gasteiger partial charge is 0.133 e. The minimum Gasteiger partial charge on any atom is -0.492 e. The molecule has 0 aliphatic heterocycles. The van der Waals surface area contributed by atoms with Crippen molar-refractivity contribution in [2.45, 2.75) is 65.3 Å². The van der Waals surface area contributed by atoms with Crippen molar-refractivity contribution in [1.82, 2.24) is 5.32 Å². The maximum atomic E-state index is 5.73. The van der Waals surface area contributed by atoms with Crippen LogP contribution in [0.2, 0.25) is 0 Å². The van der Waals surface area contributed by atoms with Crippen molar-refractivity contribution in [2.75, 3.05) is 13.2 Å². The third-order valence-electron chi connectivity index (χ3n) is 3.56. The van der Waals surface area contributed by atoms with Gasteiger partial charge in [-0.3, -0.25) is 0 Å². The summed E-state index contributed by atoms with van der Waals surface area (Å²) in [5.41, 5.74) is 1.36. The van der Waals surface area contributed by atoms with Crippen LogP contribution in [0.5, 0.6) is 5.75 Å². The molecule has 120 valence electrons. The van der Waals surface area contributed by atoms with Gasteiger partial charge in [-0.1, -0.05) is 46.1 Å². The Balaban J connectivity index is 2.73. The first-order chi connectivity index (χ1) is 10.2. The van der Waals surface area contributed by atoms with Crippen LogP contribution < -0.4 is 10.1 Å². The van der Waals surface area contributed by atoms with Gasteiger partial charge in [-0.2, -0.15) is 0 Å². The first-order valence-electron chi connectivity index (χ1n) is 8.38. The molecule has 0 saturated carbocycles. The van der Waals surface area contributed by atoms with Gasteiger partial charge in [0.1, 0.15) is 5.75 Å². The number of nitrogens with one attached hydrogen (secondary N) is 1. The Kier molecular flexibility index (Phi) is 9.77. The lowest BCUT2D eigenvalue weighted by Crippen LogP contribution is -2.22. The summed E-state index contributed by atoms with van der Waals surface area (Å²) in [6.45, 7) is 8.44. The summed E-state index contributed by atoms with van der Waals surface area (Å²) in [5, 5.41) is 3.67. The van der Waals surface area contributed by atoms with E-state index in [1.807, 2.05) is 0 Å². The summed E-state index contributed by atoms with van der Waals surface area (Å²) in [6.07, 6.45) is 7.27. The summed E-state index contributed by atoms with van der Waals surface area (Å²) < 4.78 is 6.80. The molecule has 0 aliphatic rings. The fourth-order valence-corrected chi connectivity index (χ4v) is 2.88. The van der Waals surface area contributed by atoms with Crippen LogP contribution in [0.15, 0.2) is 22.7 Å². The third kappa shape index (κ3) is 6.84. The van der Waals surface area contributed by atoms with E-state index in [4.69, 9.17) is 4.74 Å². The molecule has 0 heterocycles. The second-order valence-electron chi connectivity index (χ2n) is 5.54. The number of benzene rings is 1. The Bertz CT molecular complexity index is 395. The first kappa shape index (κ1) is 18.5. The van der Waals surface area contributed by atoms with Gasteiger partial charge in [-0.05, 0) is 59.4 Å². The van der Waals surface area contributed by atoms with Crippen molar-refractivity contribution in [1.29, 1.82) is 0 Å². The quantitative estimate of drug-likeness (QED) is 0.502. The van der Waals surface area contributed by atoms with E-state index in [0.717, 1.165) is 29.8 Å². The SMILES string of the molecule is CCCCCC(NCCC)c1ccc(OCCC)c(Br)c1. The maximum Gasteiger partial charge on any atom is 0.133 e. The lowest BCUT2D eigenvalue weighted by Gasteiger charge is -2.20. The highest BCUT2D eigenvalue weighted by atomic mass is 79.9. The van der Waals surface area contributed by atoms with Gasteiger partial charge in [-0.15, -0.1) is 0 Å². The Morgan fingerprint density at radius 3 is 2.52 bits per heavy atom. The highest BCUT2D eigenvalue weighted by Crippen LogP contribution is 2.30. The van der Waals surface area contributed by atoms with E-state index in [2.05, 4.69) is 60.2 Å². The molecule has 1 aromatic rings. The Labute approximate surface area is 138 Å². The standard InChI is InChI=1S/C18H30BrNO/c1-4-7-8-9-17(20-12-5-2)15-10-11-18(16(19)14-15)21-13-6-3/h10-11,14,17,20H,4-9,12-13H2,1-3H3. The molecule has 0 aliphatic carbocycles. The average Bonchev–Trinajstić information content (AvgIpc) is 2.49. The fraction of sp³-hybridized carbons (Fsp3) is 0.667. The summed E-state index contributed by atoms with van der Waals surface area (Å²) in [5.74, 6) is 0.948. The van der Waals surface area contributed by atoms with E-state index in [1.165, 1.54) is 37.7 Å². The van der Waals surface area contributed by atoms with Crippen LogP contribution in [0.1, 0.15) is 70.9 Å². The summed E-state index contributed by atoms with van der Waals surface area (Å²) in [4.78, 5) is 0. The van der Waals surface area contributed by atoms with Crippen LogP contribution in [0.4, 0.5) is 0 Å². The highest BCUT2D eigenvalue weighted by Gasteiger charge is 2.12. The van der Waals surface area contributed by atoms with Crippen molar-refractivity contribution in [3.05, 3.63) is 28.2 Å². The van der Waals surface area contributed by atoms with E-state index in [0.29, 0.717) is 6.04 Å². The van der Waals surface area contributed by atoms with Gasteiger partial charge in [0.15, 0.2) is 0 Å². The molecular weight excluding hydrogens is 326 g/mol. The predicted molar refractivity (Wildman–Crippen MR) is 95.1 cm³/mol. The molecule has 0 bridgehead atoms. The van der Waals surface area contributed by atoms with Gasteiger partial charge in [0, 0.05) is 6.04 Å². The maximum absolute atomic E-state index is 5.73. The van der Waals surface area contributed by atoms with Gasteiger partial charge >= 0.3 is 0 Å². The second kappa shape index (κ2) is 11.1. The highest BCUT2D eigenvalue weighted by molar-refractivity contribution is 9.10. The zero-order chi connectivity index (χ0) is 15.5. The van der Waals surface area contributed by atoms with Crippen LogP contribution in [-0.2, 0) is 0 Å². The fourth-order valence-electron chi connectivity index (χ4n) is 2.37. The lowest BCUT2D eigenvalue weighted by molar-refractivity contribution is 0.315. The van der Waals surface area contributed by atoms with Crippen molar-refractivity contribution in [3.8, 4) is 5.75 Å². The van der Waals surface area contributed by atoms with Crippen LogP contribution >= 0.6 is 15.9 Å². The summed E-state index contributed by atoms with van der Waals surface area (Å²) in [7, 11) is 0. The van der Waals surface area contributed by atoms with E-state index in [1.54, 1.807) is 0 Å². The number of hydrogen-bond donors (Lipinski definition) is 1. The molecule has 3 heteroatoms. The third-order valence-corrected chi connectivity index (χ3v) is 4.18. The molecule has 1 N–H and O–H groups in total. The number of unbranched alkanes of at least 4 members (excludes halogenated alkanes) is 2. The van der Waals surface area contributed by atoms with E-state index in [-0.39, 0.29) is 0 Å². The normalized spacial score (nSPS) is 12.4. The number of halogens is 1. The average molecular weight is 356 g/mol. The molecule has 21 heavy (non-hydrogen) atoms. The number of rotatable bonds is 11. The van der Waals surface area contributed by atoms with E-state index in [9.17, 15) is 0 Å². The second-order valence-corrected chi connectivity index (χ2v) is 6.40. The molecule has 1 aromatic carbocycles. The van der Waals surface area contributed by atoms with Crippen molar-refractivity contribution in [3.63, 3.8) is 0 Å². The van der Waals surface area contributed by atoms with E-state index >= 15 is 0 Å². The molecule has 1 unspecified atom stereocenters. The molecule has 2 nitrogen and oxygen atoms in total. The van der Waals surface area contributed by atoms with Gasteiger partial charge in [-0.25, -0.2) is 0 Å². The Morgan fingerprint density at radius 2 is 1.90 bits per heavy atom. The largest absolute Gasteiger partial charge is 0.492 e. The summed E-state index contributed by atoms with van der Waals surface area (Å²) >= 11 is 3.64. The predicted octanol–water partition coefficient (Wildman–Crippen LogP) is 5.86. The zero-order valence-corrected chi connectivity index (χ0v) is 15.3. The molecular formula is C18H30BrNO. The zero-order valence-electron chi connectivity index (χ0n) is 13.8.